The molecule has 1 saturated heterocycles. The molecule has 1 unspecified atom stereocenters. The fourth-order valence-electron chi connectivity index (χ4n) is 3.83. The zero-order valence-corrected chi connectivity index (χ0v) is 17.8. The van der Waals surface area contributed by atoms with Crippen LogP contribution in [0, 0.1) is 0 Å². The Morgan fingerprint density at radius 3 is 2.06 bits per heavy atom. The van der Waals surface area contributed by atoms with E-state index in [1.807, 2.05) is 60.7 Å². The summed E-state index contributed by atoms with van der Waals surface area (Å²) in [7, 11) is 1.64. The van der Waals surface area contributed by atoms with Gasteiger partial charge in [-0.05, 0) is 23.3 Å². The summed E-state index contributed by atoms with van der Waals surface area (Å²) in [4.78, 5) is 0. The largest absolute Gasteiger partial charge is 0.493 e. The third kappa shape index (κ3) is 5.07. The van der Waals surface area contributed by atoms with Crippen LogP contribution in [-0.4, -0.2) is 46.1 Å². The van der Waals surface area contributed by atoms with Crippen molar-refractivity contribution in [2.24, 2.45) is 0 Å². The van der Waals surface area contributed by atoms with Gasteiger partial charge in [0.25, 0.3) is 0 Å². The van der Waals surface area contributed by atoms with Crippen molar-refractivity contribution in [1.82, 2.24) is 5.32 Å². The lowest BCUT2D eigenvalue weighted by Gasteiger charge is -2.41. The number of hydrogen-bond donors (Lipinski definition) is 1. The number of benzene rings is 3. The van der Waals surface area contributed by atoms with Crippen LogP contribution in [0.5, 0.6) is 11.5 Å². The van der Waals surface area contributed by atoms with Gasteiger partial charge in [-0.2, -0.15) is 0 Å². The Kier molecular flexibility index (Phi) is 7.20. The van der Waals surface area contributed by atoms with Crippen LogP contribution in [0.4, 0.5) is 0 Å². The highest BCUT2D eigenvalue weighted by molar-refractivity contribution is 5.39. The first kappa shape index (κ1) is 21.4. The molecule has 31 heavy (non-hydrogen) atoms. The summed E-state index contributed by atoms with van der Waals surface area (Å²) in [5.74, 6) is 1.49. The van der Waals surface area contributed by atoms with Gasteiger partial charge in [0.1, 0.15) is 12.2 Å². The minimum absolute atomic E-state index is 0.00758. The lowest BCUT2D eigenvalue weighted by molar-refractivity contribution is -0.175. The summed E-state index contributed by atoms with van der Waals surface area (Å²) in [6.07, 6.45) is -0.00758. The van der Waals surface area contributed by atoms with Gasteiger partial charge in [-0.3, -0.25) is 0 Å². The van der Waals surface area contributed by atoms with E-state index in [-0.39, 0.29) is 6.10 Å². The third-order valence-electron chi connectivity index (χ3n) is 5.50. The Morgan fingerprint density at radius 2 is 1.48 bits per heavy atom. The molecular formula is C26H29NO4. The highest BCUT2D eigenvalue weighted by atomic mass is 16.6. The second-order valence-electron chi connectivity index (χ2n) is 7.51. The summed E-state index contributed by atoms with van der Waals surface area (Å²) >= 11 is 0. The maximum atomic E-state index is 6.49. The molecule has 3 aromatic rings. The van der Waals surface area contributed by atoms with Gasteiger partial charge in [0.05, 0.1) is 26.4 Å². The molecule has 1 heterocycles. The van der Waals surface area contributed by atoms with E-state index in [2.05, 4.69) is 29.6 Å². The van der Waals surface area contributed by atoms with Crippen LogP contribution in [0.2, 0.25) is 0 Å². The van der Waals surface area contributed by atoms with Crippen LogP contribution in [0.3, 0.4) is 0 Å². The molecule has 1 aliphatic heterocycles. The number of nitrogens with one attached hydrogen (secondary N) is 1. The molecule has 1 atom stereocenters. The molecule has 3 aromatic carbocycles. The number of methoxy groups -OCH3 is 1. The molecule has 0 spiro atoms. The van der Waals surface area contributed by atoms with Gasteiger partial charge < -0.3 is 24.3 Å². The molecule has 5 heteroatoms. The maximum Gasteiger partial charge on any atom is 0.161 e. The van der Waals surface area contributed by atoms with Crippen LogP contribution in [0.1, 0.15) is 11.1 Å². The molecule has 1 fully saturated rings. The highest BCUT2D eigenvalue weighted by Gasteiger charge is 2.40. The second kappa shape index (κ2) is 10.4. The van der Waals surface area contributed by atoms with Crippen molar-refractivity contribution >= 4 is 0 Å². The van der Waals surface area contributed by atoms with Crippen molar-refractivity contribution in [2.75, 3.05) is 40.0 Å². The number of hydrogen-bond acceptors (Lipinski definition) is 5. The summed E-state index contributed by atoms with van der Waals surface area (Å²) in [6, 6.07) is 28.3. The Hall–Kier alpha value is -2.86. The predicted molar refractivity (Wildman–Crippen MR) is 121 cm³/mol. The molecule has 4 rings (SSSR count). The molecule has 1 N–H and O–H groups in total. The average molecular weight is 420 g/mol. The first-order chi connectivity index (χ1) is 15.3. The molecular weight excluding hydrogens is 390 g/mol. The van der Waals surface area contributed by atoms with Crippen molar-refractivity contribution in [2.45, 2.75) is 11.7 Å². The molecule has 0 amide bonds. The van der Waals surface area contributed by atoms with Gasteiger partial charge in [-0.1, -0.05) is 72.8 Å². The molecule has 5 nitrogen and oxygen atoms in total. The Labute approximate surface area is 183 Å². The smallest absolute Gasteiger partial charge is 0.161 e. The van der Waals surface area contributed by atoms with E-state index in [9.17, 15) is 0 Å². The van der Waals surface area contributed by atoms with E-state index in [0.717, 1.165) is 22.6 Å². The van der Waals surface area contributed by atoms with Gasteiger partial charge in [0.2, 0.25) is 0 Å². The van der Waals surface area contributed by atoms with E-state index in [1.165, 1.54) is 0 Å². The van der Waals surface area contributed by atoms with Crippen molar-refractivity contribution < 1.29 is 18.9 Å². The molecule has 0 aromatic heterocycles. The van der Waals surface area contributed by atoms with Crippen LogP contribution in [0.15, 0.2) is 84.9 Å². The van der Waals surface area contributed by atoms with Crippen molar-refractivity contribution in [1.29, 1.82) is 0 Å². The monoisotopic (exact) mass is 419 g/mol. The molecule has 1 aliphatic rings. The van der Waals surface area contributed by atoms with Crippen LogP contribution >= 0.6 is 0 Å². The lowest BCUT2D eigenvalue weighted by Crippen LogP contribution is -2.48. The van der Waals surface area contributed by atoms with Gasteiger partial charge in [-0.15, -0.1) is 0 Å². The number of ether oxygens (including phenoxy) is 4. The lowest BCUT2D eigenvalue weighted by atomic mass is 9.86. The van der Waals surface area contributed by atoms with E-state index in [4.69, 9.17) is 18.9 Å². The van der Waals surface area contributed by atoms with Crippen LogP contribution < -0.4 is 14.8 Å². The molecule has 162 valence electrons. The third-order valence-corrected chi connectivity index (χ3v) is 5.50. The zero-order chi connectivity index (χ0) is 21.4. The summed E-state index contributed by atoms with van der Waals surface area (Å²) in [5, 5.41) is 3.40. The SMILES string of the molecule is COc1ccccc1OCCNCC1COC(c2ccccc2)(c2ccccc2)CO1. The highest BCUT2D eigenvalue weighted by Crippen LogP contribution is 2.37. The predicted octanol–water partition coefficient (Wildman–Crippen LogP) is 4.02. The van der Waals surface area contributed by atoms with Crippen molar-refractivity contribution in [3.63, 3.8) is 0 Å². The fourth-order valence-corrected chi connectivity index (χ4v) is 3.83. The average Bonchev–Trinajstić information content (AvgIpc) is 2.85. The molecule has 0 aliphatic carbocycles. The van der Waals surface area contributed by atoms with E-state index in [0.29, 0.717) is 32.9 Å². The first-order valence-corrected chi connectivity index (χ1v) is 10.6. The van der Waals surface area contributed by atoms with E-state index in [1.54, 1.807) is 7.11 Å². The number of para-hydroxylation sites is 2. The summed E-state index contributed by atoms with van der Waals surface area (Å²) in [5.41, 5.74) is 1.64. The number of rotatable bonds is 9. The minimum Gasteiger partial charge on any atom is -0.493 e. The Bertz CT molecular complexity index is 883. The van der Waals surface area contributed by atoms with Gasteiger partial charge >= 0.3 is 0 Å². The molecule has 0 radical (unpaired) electrons. The quantitative estimate of drug-likeness (QED) is 0.531. The Morgan fingerprint density at radius 1 is 0.871 bits per heavy atom. The van der Waals surface area contributed by atoms with E-state index >= 15 is 0 Å². The summed E-state index contributed by atoms with van der Waals surface area (Å²) in [6.45, 7) is 2.95. The molecule has 0 bridgehead atoms. The minimum atomic E-state index is -0.577. The van der Waals surface area contributed by atoms with Crippen LogP contribution in [0.25, 0.3) is 0 Å². The zero-order valence-electron chi connectivity index (χ0n) is 17.8. The second-order valence-corrected chi connectivity index (χ2v) is 7.51. The van der Waals surface area contributed by atoms with E-state index < -0.39 is 5.60 Å². The standard InChI is InChI=1S/C26H29NO4/c1-28-24-14-8-9-15-25(24)29-17-16-27-18-23-19-31-26(20-30-23,21-10-4-2-5-11-21)22-12-6-3-7-13-22/h2-15,23,27H,16-20H2,1H3. The first-order valence-electron chi connectivity index (χ1n) is 10.6. The van der Waals surface area contributed by atoms with Gasteiger partial charge in [0.15, 0.2) is 11.5 Å². The normalized spacial score (nSPS) is 17.8. The summed E-state index contributed by atoms with van der Waals surface area (Å²) < 4.78 is 23.9. The van der Waals surface area contributed by atoms with Gasteiger partial charge in [0, 0.05) is 13.1 Å². The van der Waals surface area contributed by atoms with Crippen molar-refractivity contribution in [3.8, 4) is 11.5 Å². The topological polar surface area (TPSA) is 49.0 Å². The Balaban J connectivity index is 1.29. The molecule has 0 saturated carbocycles. The maximum absolute atomic E-state index is 6.49. The van der Waals surface area contributed by atoms with Crippen molar-refractivity contribution in [3.05, 3.63) is 96.1 Å². The fraction of sp³-hybridized carbons (Fsp3) is 0.308. The van der Waals surface area contributed by atoms with Gasteiger partial charge in [-0.25, -0.2) is 0 Å². The van der Waals surface area contributed by atoms with Crippen LogP contribution in [-0.2, 0) is 15.1 Å².